The fourth-order valence-electron chi connectivity index (χ4n) is 7.64. The van der Waals surface area contributed by atoms with Crippen LogP contribution in [0.1, 0.15) is 264 Å². The minimum atomic E-state index is -4.62. The summed E-state index contributed by atoms with van der Waals surface area (Å²) in [4.78, 5) is 35.2. The van der Waals surface area contributed by atoms with Crippen LogP contribution in [0.25, 0.3) is 0 Å². The Bertz CT molecular complexity index is 1040. The quantitative estimate of drug-likeness (QED) is 0.0233. The highest BCUT2D eigenvalue weighted by Gasteiger charge is 2.27. The van der Waals surface area contributed by atoms with E-state index in [1.54, 1.807) is 0 Å². The summed E-state index contributed by atoms with van der Waals surface area (Å²) in [6, 6.07) is 0. The summed E-state index contributed by atoms with van der Waals surface area (Å²) in [6.45, 7) is 2.44. The monoisotopic (exact) mass is 903 g/mol. The number of aliphatic hydroxyl groups is 2. The Morgan fingerprint density at radius 3 is 1.16 bits per heavy atom. The fraction of sp³-hybridized carbons (Fsp3) is 0.922. The molecule has 0 rings (SSSR count). The van der Waals surface area contributed by atoms with Crippen molar-refractivity contribution in [1.29, 1.82) is 0 Å². The van der Waals surface area contributed by atoms with Crippen LogP contribution in [0, 0.1) is 0 Å². The first-order valence-corrected chi connectivity index (χ1v) is 27.6. The molecule has 0 aliphatic carbocycles. The van der Waals surface area contributed by atoms with E-state index in [2.05, 4.69) is 26.0 Å². The van der Waals surface area contributed by atoms with Gasteiger partial charge in [-0.05, 0) is 38.5 Å². The number of carbonyl (C=O) groups is 2. The van der Waals surface area contributed by atoms with Gasteiger partial charge in [0.05, 0.1) is 19.8 Å². The standard InChI is InChI=1S/C51H99O10P/c1-3-5-7-9-11-13-15-17-19-21-23-25-27-29-31-33-35-37-39-41-43-51(55)61-49(47-60-62(56,57)59-45-48(53)44-52)46-58-50(54)42-40-38-36-34-32-30-28-26-24-22-20-18-16-14-12-10-8-6-4-2/h18,20,48-49,52-53H,3-17,19,21-47H2,1-2H3,(H,56,57)/b20-18+/t48-,49+/m0/s1. The molecule has 0 fully saturated rings. The molecule has 3 N–H and O–H groups in total. The van der Waals surface area contributed by atoms with Crippen LogP contribution in [0.5, 0.6) is 0 Å². The number of rotatable bonds is 50. The van der Waals surface area contributed by atoms with E-state index in [0.29, 0.717) is 12.8 Å². The molecule has 0 aliphatic heterocycles. The number of carbonyl (C=O) groups excluding carboxylic acids is 2. The lowest BCUT2D eigenvalue weighted by Crippen LogP contribution is -2.29. The molecule has 368 valence electrons. The summed E-state index contributed by atoms with van der Waals surface area (Å²) in [7, 11) is -4.62. The predicted molar refractivity (Wildman–Crippen MR) is 256 cm³/mol. The number of esters is 2. The zero-order valence-electron chi connectivity index (χ0n) is 40.4. The predicted octanol–water partition coefficient (Wildman–Crippen LogP) is 14.7. The number of ether oxygens (including phenoxy) is 2. The summed E-state index contributed by atoms with van der Waals surface area (Å²) >= 11 is 0. The van der Waals surface area contributed by atoms with Crippen LogP contribution >= 0.6 is 7.82 Å². The van der Waals surface area contributed by atoms with Crippen LogP contribution in [0.3, 0.4) is 0 Å². The van der Waals surface area contributed by atoms with Crippen LogP contribution < -0.4 is 0 Å². The Morgan fingerprint density at radius 1 is 0.468 bits per heavy atom. The maximum absolute atomic E-state index is 12.7. The third-order valence-electron chi connectivity index (χ3n) is 11.7. The van der Waals surface area contributed by atoms with Gasteiger partial charge in [-0.15, -0.1) is 0 Å². The largest absolute Gasteiger partial charge is 0.472 e. The highest BCUT2D eigenvalue weighted by molar-refractivity contribution is 7.47. The number of aliphatic hydroxyl groups excluding tert-OH is 2. The lowest BCUT2D eigenvalue weighted by atomic mass is 10.0. The average molecular weight is 903 g/mol. The van der Waals surface area contributed by atoms with Crippen LogP contribution in [-0.2, 0) is 32.7 Å². The first-order valence-electron chi connectivity index (χ1n) is 26.1. The first kappa shape index (κ1) is 60.7. The molecule has 0 saturated carbocycles. The van der Waals surface area contributed by atoms with Crippen molar-refractivity contribution in [3.8, 4) is 0 Å². The molecule has 11 heteroatoms. The molecule has 0 amide bonds. The van der Waals surface area contributed by atoms with Crippen molar-refractivity contribution in [2.24, 2.45) is 0 Å². The topological polar surface area (TPSA) is 149 Å². The molecule has 62 heavy (non-hydrogen) atoms. The molecule has 10 nitrogen and oxygen atoms in total. The maximum Gasteiger partial charge on any atom is 0.472 e. The van der Waals surface area contributed by atoms with Crippen LogP contribution in [0.15, 0.2) is 12.2 Å². The van der Waals surface area contributed by atoms with Crippen molar-refractivity contribution in [2.75, 3.05) is 26.4 Å². The summed E-state index contributed by atoms with van der Waals surface area (Å²) in [6.07, 6.45) is 48.9. The first-order chi connectivity index (χ1) is 30.2. The Balaban J connectivity index is 4.13. The Labute approximate surface area is 381 Å². The van der Waals surface area contributed by atoms with Crippen molar-refractivity contribution < 1.29 is 47.8 Å². The lowest BCUT2D eigenvalue weighted by molar-refractivity contribution is -0.161. The second-order valence-corrected chi connectivity index (χ2v) is 19.4. The summed E-state index contributed by atoms with van der Waals surface area (Å²) in [5, 5.41) is 18.4. The van der Waals surface area contributed by atoms with Crippen molar-refractivity contribution >= 4 is 19.8 Å². The number of hydrogen-bond acceptors (Lipinski definition) is 9. The van der Waals surface area contributed by atoms with E-state index in [9.17, 15) is 24.2 Å². The zero-order chi connectivity index (χ0) is 45.5. The number of allylic oxidation sites excluding steroid dienone is 2. The lowest BCUT2D eigenvalue weighted by Gasteiger charge is -2.20. The van der Waals surface area contributed by atoms with E-state index < -0.39 is 51.8 Å². The van der Waals surface area contributed by atoms with E-state index in [0.717, 1.165) is 38.5 Å². The second-order valence-electron chi connectivity index (χ2n) is 17.9. The van der Waals surface area contributed by atoms with Crippen LogP contribution in [-0.4, -0.2) is 65.7 Å². The Kier molecular flexibility index (Phi) is 46.7. The van der Waals surface area contributed by atoms with Gasteiger partial charge in [-0.25, -0.2) is 4.57 Å². The molecular weight excluding hydrogens is 804 g/mol. The molecular formula is C51H99O10P. The van der Waals surface area contributed by atoms with Gasteiger partial charge in [-0.1, -0.05) is 225 Å². The summed E-state index contributed by atoms with van der Waals surface area (Å²) in [5.74, 6) is -0.909. The number of unbranched alkanes of at least 4 members (excludes halogenated alkanes) is 34. The smallest absolute Gasteiger partial charge is 0.462 e. The molecule has 0 aromatic carbocycles. The molecule has 0 bridgehead atoms. The molecule has 0 heterocycles. The average Bonchev–Trinajstić information content (AvgIpc) is 3.26. The molecule has 0 aromatic heterocycles. The molecule has 1 unspecified atom stereocenters. The third kappa shape index (κ3) is 46.7. The minimum Gasteiger partial charge on any atom is -0.462 e. The molecule has 3 atom stereocenters. The van der Waals surface area contributed by atoms with Gasteiger partial charge >= 0.3 is 19.8 Å². The van der Waals surface area contributed by atoms with Crippen LogP contribution in [0.2, 0.25) is 0 Å². The molecule has 0 aromatic rings. The highest BCUT2D eigenvalue weighted by atomic mass is 31.2. The molecule has 0 spiro atoms. The van der Waals surface area contributed by atoms with Gasteiger partial charge in [0.15, 0.2) is 6.10 Å². The molecule has 0 saturated heterocycles. The van der Waals surface area contributed by atoms with Crippen molar-refractivity contribution in [2.45, 2.75) is 276 Å². The third-order valence-corrected chi connectivity index (χ3v) is 12.6. The van der Waals surface area contributed by atoms with Crippen molar-refractivity contribution in [3.63, 3.8) is 0 Å². The van der Waals surface area contributed by atoms with Gasteiger partial charge in [0, 0.05) is 12.8 Å². The number of phosphoric acid groups is 1. The highest BCUT2D eigenvalue weighted by Crippen LogP contribution is 2.43. The van der Waals surface area contributed by atoms with E-state index in [1.807, 2.05) is 0 Å². The SMILES string of the molecule is CCCCCCCC/C=C/CCCCCCCCCCCC(=O)OC[C@H](COP(=O)(O)OC[C@@H](O)CO)OC(=O)CCCCCCCCCCCCCCCCCCCCCC. The zero-order valence-corrected chi connectivity index (χ0v) is 41.3. The van der Waals surface area contributed by atoms with Gasteiger partial charge in [0.25, 0.3) is 0 Å². The van der Waals surface area contributed by atoms with Gasteiger partial charge in [0.2, 0.25) is 0 Å². The number of hydrogen-bond donors (Lipinski definition) is 3. The summed E-state index contributed by atoms with van der Waals surface area (Å²) in [5.41, 5.74) is 0. The van der Waals surface area contributed by atoms with E-state index in [4.69, 9.17) is 23.6 Å². The van der Waals surface area contributed by atoms with Gasteiger partial charge in [-0.2, -0.15) is 0 Å². The normalized spacial score (nSPS) is 13.7. The fourth-order valence-corrected chi connectivity index (χ4v) is 8.43. The van der Waals surface area contributed by atoms with Gasteiger partial charge in [0.1, 0.15) is 12.7 Å². The minimum absolute atomic E-state index is 0.191. The van der Waals surface area contributed by atoms with Gasteiger partial charge < -0.3 is 24.6 Å². The second kappa shape index (κ2) is 47.7. The Hall–Kier alpha value is -1.29. The van der Waals surface area contributed by atoms with E-state index >= 15 is 0 Å². The Morgan fingerprint density at radius 2 is 0.790 bits per heavy atom. The number of phosphoric ester groups is 1. The van der Waals surface area contributed by atoms with E-state index in [-0.39, 0.29) is 19.4 Å². The van der Waals surface area contributed by atoms with Crippen LogP contribution in [0.4, 0.5) is 0 Å². The van der Waals surface area contributed by atoms with Gasteiger partial charge in [-0.3, -0.25) is 18.6 Å². The van der Waals surface area contributed by atoms with E-state index in [1.165, 1.54) is 186 Å². The van der Waals surface area contributed by atoms with Crippen molar-refractivity contribution in [3.05, 3.63) is 12.2 Å². The summed E-state index contributed by atoms with van der Waals surface area (Å²) < 4.78 is 32.9. The molecule has 0 aliphatic rings. The maximum atomic E-state index is 12.7. The molecule has 0 radical (unpaired) electrons. The van der Waals surface area contributed by atoms with Crippen molar-refractivity contribution in [1.82, 2.24) is 0 Å².